The highest BCUT2D eigenvalue weighted by atomic mass is 16.3. The molecule has 4 aromatic rings. The Labute approximate surface area is 285 Å². The fourth-order valence-corrected chi connectivity index (χ4v) is 5.70. The highest BCUT2D eigenvalue weighted by molar-refractivity contribution is 6.15. The predicted molar refractivity (Wildman–Crippen MR) is 179 cm³/mol. The number of aromatic amines is 2. The number of aromatic hydroxyl groups is 1. The number of nitrogens with zero attached hydrogens (tertiary/aromatic N) is 1. The second-order valence-corrected chi connectivity index (χ2v) is 11.9. The molecule has 16 heteroatoms. The van der Waals surface area contributed by atoms with E-state index in [0.29, 0.717) is 30.4 Å². The van der Waals surface area contributed by atoms with Crippen LogP contribution in [0.4, 0.5) is 0 Å². The minimum Gasteiger partial charge on any atom is -0.508 e. The van der Waals surface area contributed by atoms with E-state index in [2.05, 4.69) is 41.5 Å². The van der Waals surface area contributed by atoms with Gasteiger partial charge in [0.25, 0.3) is 5.91 Å². The van der Waals surface area contributed by atoms with Crippen molar-refractivity contribution in [3.8, 4) is 5.75 Å². The third-order valence-corrected chi connectivity index (χ3v) is 8.38. The van der Waals surface area contributed by atoms with E-state index in [1.54, 1.807) is 24.4 Å². The van der Waals surface area contributed by atoms with Gasteiger partial charge in [0.15, 0.2) is 6.04 Å². The van der Waals surface area contributed by atoms with Crippen LogP contribution < -0.4 is 26.6 Å². The number of amides is 4. The lowest BCUT2D eigenvalue weighted by Crippen LogP contribution is -2.60. The monoisotopic (exact) mass is 686 g/mol. The number of hydrogen-bond acceptors (Lipinski definition) is 10. The summed E-state index contributed by atoms with van der Waals surface area (Å²) in [6, 6.07) is 6.98. The van der Waals surface area contributed by atoms with E-state index in [-0.39, 0.29) is 24.3 Å². The number of phenolic OH excluding ortho intramolecular Hbond substituents is 1. The number of Topliss-reactive ketones (excluding diaryl/α,β-unsaturated/α-hetero) is 1. The normalized spacial score (nSPS) is 16.5. The van der Waals surface area contributed by atoms with Crippen LogP contribution in [0.1, 0.15) is 34.5 Å². The van der Waals surface area contributed by atoms with Gasteiger partial charge in [-0.05, 0) is 55.1 Å². The lowest BCUT2D eigenvalue weighted by molar-refractivity contribution is -0.134. The number of ketones is 1. The van der Waals surface area contributed by atoms with Crippen molar-refractivity contribution in [3.63, 3.8) is 0 Å². The lowest BCUT2D eigenvalue weighted by atomic mass is 10.0. The Morgan fingerprint density at radius 1 is 0.900 bits per heavy atom. The highest BCUT2D eigenvalue weighted by Gasteiger charge is 2.36. The minimum absolute atomic E-state index is 0.0305. The predicted octanol–water partition coefficient (Wildman–Crippen LogP) is -0.853. The molecule has 50 heavy (non-hydrogen) atoms. The molecule has 2 aromatic heterocycles. The molecule has 1 saturated heterocycles. The number of carbonyl (C=O) groups excluding carboxylic acids is 6. The molecule has 1 aliphatic heterocycles. The number of phenols is 1. The average molecular weight is 687 g/mol. The van der Waals surface area contributed by atoms with Crippen molar-refractivity contribution >= 4 is 46.6 Å². The zero-order valence-corrected chi connectivity index (χ0v) is 26.8. The van der Waals surface area contributed by atoms with Gasteiger partial charge in [0.1, 0.15) is 29.8 Å². The van der Waals surface area contributed by atoms with Gasteiger partial charge < -0.3 is 51.6 Å². The number of H-pyrrole nitrogens is 2. The number of hydrogen-bond donors (Lipinski definition) is 9. The maximum atomic E-state index is 13.8. The first kappa shape index (κ1) is 35.4. The number of fused-ring (bicyclic) bond motifs is 1. The molecule has 0 spiro atoms. The molecule has 5 atom stereocenters. The first-order valence-corrected chi connectivity index (χ1v) is 16.0. The van der Waals surface area contributed by atoms with Gasteiger partial charge in [0.05, 0.1) is 31.2 Å². The Balaban J connectivity index is 1.36. The average Bonchev–Trinajstić information content (AvgIpc) is 3.93. The Bertz CT molecular complexity index is 1820. The van der Waals surface area contributed by atoms with Gasteiger partial charge >= 0.3 is 0 Å². The van der Waals surface area contributed by atoms with Crippen LogP contribution in [-0.2, 0) is 36.8 Å². The Hall–Kier alpha value is -5.87. The fraction of sp³-hybridized carbons (Fsp3) is 0.324. The number of para-hydroxylation sites is 1. The van der Waals surface area contributed by atoms with E-state index >= 15 is 0 Å². The van der Waals surface area contributed by atoms with E-state index in [0.717, 1.165) is 17.3 Å². The van der Waals surface area contributed by atoms with Crippen molar-refractivity contribution in [2.45, 2.75) is 55.9 Å². The maximum Gasteiger partial charge on any atom is 0.251 e. The number of aldehydes is 1. The van der Waals surface area contributed by atoms with Crippen molar-refractivity contribution in [2.75, 3.05) is 13.2 Å². The summed E-state index contributed by atoms with van der Waals surface area (Å²) in [7, 11) is 0. The molecule has 0 unspecified atom stereocenters. The Morgan fingerprint density at radius 3 is 2.32 bits per heavy atom. The molecule has 0 radical (unpaired) electrons. The molecule has 0 saturated carbocycles. The summed E-state index contributed by atoms with van der Waals surface area (Å²) in [6.45, 7) is -0.248. The van der Waals surface area contributed by atoms with E-state index in [1.807, 2.05) is 18.2 Å². The van der Waals surface area contributed by atoms with Gasteiger partial charge in [0, 0.05) is 23.5 Å². The van der Waals surface area contributed by atoms with Gasteiger partial charge in [-0.25, -0.2) is 4.98 Å². The quantitative estimate of drug-likeness (QED) is 0.0401. The molecular weight excluding hydrogens is 648 g/mol. The number of aromatic nitrogens is 3. The van der Waals surface area contributed by atoms with E-state index in [4.69, 9.17) is 0 Å². The second-order valence-electron chi connectivity index (χ2n) is 11.9. The topological polar surface area (TPSA) is 247 Å². The lowest BCUT2D eigenvalue weighted by Gasteiger charge is -2.25. The fourth-order valence-electron chi connectivity index (χ4n) is 5.70. The van der Waals surface area contributed by atoms with Crippen LogP contribution in [0.5, 0.6) is 5.75 Å². The molecule has 0 aliphatic carbocycles. The third-order valence-electron chi connectivity index (χ3n) is 8.38. The number of imidazole rings is 1. The first-order valence-electron chi connectivity index (χ1n) is 16.0. The van der Waals surface area contributed by atoms with Crippen LogP contribution >= 0.6 is 0 Å². The maximum absolute atomic E-state index is 13.8. The summed E-state index contributed by atoms with van der Waals surface area (Å²) in [6.07, 6.45) is 5.83. The second kappa shape index (κ2) is 16.5. The molecular formula is C34H38N8O8. The van der Waals surface area contributed by atoms with Gasteiger partial charge in [-0.15, -0.1) is 0 Å². The number of rotatable bonds is 16. The Kier molecular flexibility index (Phi) is 11.7. The standard InChI is InChI=1S/C34H38N8O8/c43-16-21(12-19-7-9-22(45)10-8-19)39-33(49)28(17-44)41-32(48)26(13-20-14-37-24-5-2-1-4-23(20)24)40-34(50)29(30(46)27-15-35-18-38-27)42-31(47)25-6-3-11-36-25/h1-2,4-5,7-10,14-16,18,21,25-26,28-29,36-37,44-45H,3,6,11-13,17H2,(H,35,38)(H,39,49)(H,40,50)(H,41,48)(H,42,47)/t21-,25-,26-,28-,29-/m0/s1. The van der Waals surface area contributed by atoms with Gasteiger partial charge in [-0.1, -0.05) is 30.3 Å². The molecule has 1 aliphatic rings. The molecule has 1 fully saturated rings. The van der Waals surface area contributed by atoms with Crippen LogP contribution in [0.25, 0.3) is 10.9 Å². The minimum atomic E-state index is -1.74. The molecule has 5 rings (SSSR count). The number of benzene rings is 2. The van der Waals surface area contributed by atoms with Crippen LogP contribution in [0.2, 0.25) is 0 Å². The van der Waals surface area contributed by atoms with Crippen LogP contribution in [0, 0.1) is 0 Å². The summed E-state index contributed by atoms with van der Waals surface area (Å²) in [5.41, 5.74) is 1.98. The van der Waals surface area contributed by atoms with Gasteiger partial charge in [-0.3, -0.25) is 24.0 Å². The zero-order valence-electron chi connectivity index (χ0n) is 26.8. The van der Waals surface area contributed by atoms with Crippen LogP contribution in [0.3, 0.4) is 0 Å². The summed E-state index contributed by atoms with van der Waals surface area (Å²) >= 11 is 0. The summed E-state index contributed by atoms with van der Waals surface area (Å²) in [5, 5.41) is 33.4. The van der Waals surface area contributed by atoms with E-state index in [1.165, 1.54) is 24.7 Å². The van der Waals surface area contributed by atoms with Crippen LogP contribution in [-0.4, -0.2) is 104 Å². The molecule has 4 amide bonds. The number of carbonyl (C=O) groups is 6. The van der Waals surface area contributed by atoms with Crippen molar-refractivity contribution in [1.29, 1.82) is 0 Å². The Morgan fingerprint density at radius 2 is 1.64 bits per heavy atom. The third kappa shape index (κ3) is 8.77. The molecule has 9 N–H and O–H groups in total. The number of aliphatic hydroxyl groups is 1. The van der Waals surface area contributed by atoms with E-state index < -0.39 is 66.2 Å². The summed E-state index contributed by atoms with van der Waals surface area (Å²) < 4.78 is 0. The van der Waals surface area contributed by atoms with E-state index in [9.17, 15) is 39.0 Å². The molecule has 16 nitrogen and oxygen atoms in total. The molecule has 262 valence electrons. The highest BCUT2D eigenvalue weighted by Crippen LogP contribution is 2.20. The summed E-state index contributed by atoms with van der Waals surface area (Å²) in [5.74, 6) is -4.06. The zero-order chi connectivity index (χ0) is 35.6. The van der Waals surface area contributed by atoms with Gasteiger partial charge in [0.2, 0.25) is 23.5 Å². The smallest absolute Gasteiger partial charge is 0.251 e. The molecule has 0 bridgehead atoms. The SMILES string of the molecule is O=C[C@H](Cc1ccc(O)cc1)NC(=O)[C@H](CO)NC(=O)[C@H](Cc1c[nH]c2ccccc12)NC(=O)[C@@H](NC(=O)[C@@H]1CCCN1)C(=O)c1cnc[nH]1. The molecule has 3 heterocycles. The van der Waals surface area contributed by atoms with Gasteiger partial charge in [-0.2, -0.15) is 0 Å². The largest absolute Gasteiger partial charge is 0.508 e. The van der Waals surface area contributed by atoms with Crippen molar-refractivity contribution in [2.24, 2.45) is 0 Å². The number of nitrogens with one attached hydrogen (secondary N) is 7. The van der Waals surface area contributed by atoms with Crippen molar-refractivity contribution in [3.05, 3.63) is 84.1 Å². The first-order chi connectivity index (χ1) is 24.2. The van der Waals surface area contributed by atoms with Crippen molar-refractivity contribution in [1.82, 2.24) is 41.5 Å². The van der Waals surface area contributed by atoms with Crippen molar-refractivity contribution < 1.29 is 39.0 Å². The number of aliphatic hydroxyl groups excluding tert-OH is 1. The summed E-state index contributed by atoms with van der Waals surface area (Å²) in [4.78, 5) is 88.6. The van der Waals surface area contributed by atoms with Crippen LogP contribution in [0.15, 0.2) is 67.3 Å². The molecule has 2 aromatic carbocycles.